The van der Waals surface area contributed by atoms with E-state index in [0.717, 1.165) is 62.4 Å². The third-order valence-electron chi connectivity index (χ3n) is 10.6. The van der Waals surface area contributed by atoms with Crippen molar-refractivity contribution in [2.45, 2.75) is 116 Å². The first-order chi connectivity index (χ1) is 14.0. The molecule has 8 atom stereocenters. The highest BCUT2D eigenvalue weighted by Gasteiger charge is 2.62. The summed E-state index contributed by atoms with van der Waals surface area (Å²) >= 11 is 0. The van der Waals surface area contributed by atoms with Crippen LogP contribution in [0.15, 0.2) is 0 Å². The van der Waals surface area contributed by atoms with Crippen molar-refractivity contribution < 1.29 is 14.9 Å². The second-order valence-corrected chi connectivity index (χ2v) is 13.0. The fourth-order valence-corrected chi connectivity index (χ4v) is 9.15. The van der Waals surface area contributed by atoms with Gasteiger partial charge in [0.05, 0.1) is 17.8 Å². The predicted molar refractivity (Wildman–Crippen MR) is 122 cm³/mol. The van der Waals surface area contributed by atoms with Crippen molar-refractivity contribution in [3.05, 3.63) is 0 Å². The molecular formula is C27H48O3. The van der Waals surface area contributed by atoms with Crippen LogP contribution in [-0.2, 0) is 4.74 Å². The molecule has 3 nitrogen and oxygen atoms in total. The maximum Gasteiger partial charge on any atom is 0.0622 e. The van der Waals surface area contributed by atoms with E-state index in [1.807, 2.05) is 21.0 Å². The quantitative estimate of drug-likeness (QED) is 0.557. The van der Waals surface area contributed by atoms with E-state index in [1.165, 1.54) is 44.9 Å². The summed E-state index contributed by atoms with van der Waals surface area (Å²) in [6, 6.07) is 0. The second kappa shape index (κ2) is 8.03. The van der Waals surface area contributed by atoms with Crippen molar-refractivity contribution in [1.82, 2.24) is 0 Å². The number of hydrogen-bond acceptors (Lipinski definition) is 3. The lowest BCUT2D eigenvalue weighted by Crippen LogP contribution is -2.58. The Morgan fingerprint density at radius 1 is 0.967 bits per heavy atom. The minimum Gasteiger partial charge on any atom is -0.390 e. The van der Waals surface area contributed by atoms with Crippen molar-refractivity contribution in [3.63, 3.8) is 0 Å². The molecule has 0 radical (unpaired) electrons. The lowest BCUT2D eigenvalue weighted by atomic mass is 9.43. The van der Waals surface area contributed by atoms with Crippen molar-refractivity contribution in [1.29, 1.82) is 0 Å². The van der Waals surface area contributed by atoms with E-state index < -0.39 is 11.2 Å². The van der Waals surface area contributed by atoms with Gasteiger partial charge in [-0.1, -0.05) is 13.3 Å². The standard InChI is InChI=1S/C27H48O3/c1-24(2,28)13-6-7-19-9-11-22-21-10-8-20-17-25(3,29)15-16-27(20,18-30-5)23(21)12-14-26(19,22)4/h19-23,28-29H,6-18H2,1-5H3/t19-,20-,21-,22-,23-,25-,26+,27+/m0/s1. The summed E-state index contributed by atoms with van der Waals surface area (Å²) in [6.07, 6.45) is 14.7. The number of rotatable bonds is 6. The molecule has 174 valence electrons. The number of hydrogen-bond donors (Lipinski definition) is 2. The van der Waals surface area contributed by atoms with Crippen molar-refractivity contribution in [3.8, 4) is 0 Å². The summed E-state index contributed by atoms with van der Waals surface area (Å²) in [4.78, 5) is 0. The zero-order chi connectivity index (χ0) is 21.8. The van der Waals surface area contributed by atoms with Crippen LogP contribution in [0.2, 0.25) is 0 Å². The Balaban J connectivity index is 1.51. The molecule has 0 bridgehead atoms. The van der Waals surface area contributed by atoms with Crippen LogP contribution in [0.5, 0.6) is 0 Å². The van der Waals surface area contributed by atoms with Crippen molar-refractivity contribution in [2.24, 2.45) is 40.4 Å². The minimum atomic E-state index is -0.524. The SMILES string of the molecule is COC[C@]12CC[C@](C)(O)C[C@@H]1CC[C@H]1[C@@H]3CC[C@H](CCCC(C)(C)O)[C@@]3(C)CC[C@@H]12. The van der Waals surface area contributed by atoms with Gasteiger partial charge in [-0.2, -0.15) is 0 Å². The number of aliphatic hydroxyl groups is 2. The molecule has 0 aromatic rings. The fraction of sp³-hybridized carbons (Fsp3) is 1.00. The van der Waals surface area contributed by atoms with Gasteiger partial charge in [0.2, 0.25) is 0 Å². The molecule has 4 rings (SSSR count). The number of ether oxygens (including phenoxy) is 1. The van der Waals surface area contributed by atoms with Gasteiger partial charge in [0, 0.05) is 7.11 Å². The summed E-state index contributed by atoms with van der Waals surface area (Å²) in [7, 11) is 1.89. The Morgan fingerprint density at radius 2 is 1.73 bits per heavy atom. The van der Waals surface area contributed by atoms with E-state index in [1.54, 1.807) is 0 Å². The Labute approximate surface area is 185 Å². The molecule has 0 aliphatic heterocycles. The molecule has 4 aliphatic rings. The van der Waals surface area contributed by atoms with E-state index in [2.05, 4.69) is 13.8 Å². The van der Waals surface area contributed by atoms with Gasteiger partial charge in [-0.15, -0.1) is 0 Å². The maximum absolute atomic E-state index is 10.8. The molecule has 4 saturated carbocycles. The average molecular weight is 421 g/mol. The van der Waals surface area contributed by atoms with Crippen molar-refractivity contribution in [2.75, 3.05) is 13.7 Å². The highest BCUT2D eigenvalue weighted by Crippen LogP contribution is 2.68. The Hall–Kier alpha value is -0.120. The van der Waals surface area contributed by atoms with Gasteiger partial charge in [-0.05, 0) is 132 Å². The van der Waals surface area contributed by atoms with E-state index in [9.17, 15) is 10.2 Å². The van der Waals surface area contributed by atoms with Crippen LogP contribution < -0.4 is 0 Å². The highest BCUT2D eigenvalue weighted by atomic mass is 16.5. The summed E-state index contributed by atoms with van der Waals surface area (Å²) in [5.41, 5.74) is -0.192. The van der Waals surface area contributed by atoms with Gasteiger partial charge in [0.25, 0.3) is 0 Å². The fourth-order valence-electron chi connectivity index (χ4n) is 9.15. The van der Waals surface area contributed by atoms with Crippen LogP contribution in [0.25, 0.3) is 0 Å². The lowest BCUT2D eigenvalue weighted by molar-refractivity contribution is -0.174. The van der Waals surface area contributed by atoms with Gasteiger partial charge < -0.3 is 14.9 Å². The van der Waals surface area contributed by atoms with Gasteiger partial charge in [0.15, 0.2) is 0 Å². The normalized spacial score (nSPS) is 48.7. The molecular weight excluding hydrogens is 372 g/mol. The first kappa shape index (κ1) is 23.1. The molecule has 0 spiro atoms. The molecule has 4 fully saturated rings. The smallest absolute Gasteiger partial charge is 0.0622 e. The largest absolute Gasteiger partial charge is 0.390 e. The third-order valence-corrected chi connectivity index (χ3v) is 10.6. The lowest BCUT2D eigenvalue weighted by Gasteiger charge is -2.62. The highest BCUT2D eigenvalue weighted by molar-refractivity contribution is 5.11. The average Bonchev–Trinajstić information content (AvgIpc) is 2.98. The molecule has 0 heterocycles. The summed E-state index contributed by atoms with van der Waals surface area (Å²) < 4.78 is 5.90. The summed E-state index contributed by atoms with van der Waals surface area (Å²) in [5, 5.41) is 20.9. The van der Waals surface area contributed by atoms with E-state index >= 15 is 0 Å². The molecule has 2 N–H and O–H groups in total. The summed E-state index contributed by atoms with van der Waals surface area (Å²) in [5.74, 6) is 4.00. The molecule has 0 aromatic carbocycles. The van der Waals surface area contributed by atoms with Crippen LogP contribution in [0, 0.1) is 40.4 Å². The van der Waals surface area contributed by atoms with Gasteiger partial charge in [0.1, 0.15) is 0 Å². The predicted octanol–water partition coefficient (Wildman–Crippen LogP) is 5.96. The van der Waals surface area contributed by atoms with E-state index in [4.69, 9.17) is 4.74 Å². The Kier molecular flexibility index (Phi) is 6.17. The van der Waals surface area contributed by atoms with Crippen LogP contribution in [0.4, 0.5) is 0 Å². The number of methoxy groups -OCH3 is 1. The van der Waals surface area contributed by atoms with Gasteiger partial charge >= 0.3 is 0 Å². The van der Waals surface area contributed by atoms with E-state index in [-0.39, 0.29) is 0 Å². The first-order valence-corrected chi connectivity index (χ1v) is 12.9. The topological polar surface area (TPSA) is 49.7 Å². The maximum atomic E-state index is 10.8. The zero-order valence-electron chi connectivity index (χ0n) is 20.4. The molecule has 30 heavy (non-hydrogen) atoms. The van der Waals surface area contributed by atoms with Crippen LogP contribution in [0.1, 0.15) is 105 Å². The van der Waals surface area contributed by atoms with Crippen molar-refractivity contribution >= 4 is 0 Å². The van der Waals surface area contributed by atoms with Crippen LogP contribution in [-0.4, -0.2) is 35.1 Å². The summed E-state index contributed by atoms with van der Waals surface area (Å²) in [6.45, 7) is 9.48. The molecule has 4 aliphatic carbocycles. The molecule has 0 amide bonds. The minimum absolute atomic E-state index is 0.306. The van der Waals surface area contributed by atoms with Gasteiger partial charge in [-0.3, -0.25) is 0 Å². The van der Waals surface area contributed by atoms with Crippen LogP contribution in [0.3, 0.4) is 0 Å². The van der Waals surface area contributed by atoms with Gasteiger partial charge in [-0.25, -0.2) is 0 Å². The first-order valence-electron chi connectivity index (χ1n) is 12.9. The molecule has 0 aromatic heterocycles. The third kappa shape index (κ3) is 4.01. The molecule has 3 heteroatoms. The molecule has 0 unspecified atom stereocenters. The Morgan fingerprint density at radius 3 is 2.43 bits per heavy atom. The Bertz CT molecular complexity index is 608. The zero-order valence-corrected chi connectivity index (χ0v) is 20.4. The number of fused-ring (bicyclic) bond motifs is 5. The second-order valence-electron chi connectivity index (χ2n) is 13.0. The van der Waals surface area contributed by atoms with Crippen LogP contribution >= 0.6 is 0 Å². The van der Waals surface area contributed by atoms with E-state index in [0.29, 0.717) is 16.7 Å². The molecule has 0 saturated heterocycles. The monoisotopic (exact) mass is 420 g/mol.